The maximum atomic E-state index is 4.72. The van der Waals surface area contributed by atoms with Crippen molar-refractivity contribution >= 4 is 38.3 Å². The van der Waals surface area contributed by atoms with E-state index < -0.39 is 0 Å². The fourth-order valence-electron chi connectivity index (χ4n) is 4.28. The van der Waals surface area contributed by atoms with Crippen LogP contribution in [0.4, 0.5) is 5.82 Å². The Kier molecular flexibility index (Phi) is 4.79. The second-order valence-electron chi connectivity index (χ2n) is 7.80. The third-order valence-electron chi connectivity index (χ3n) is 5.87. The predicted molar refractivity (Wildman–Crippen MR) is 120 cm³/mol. The van der Waals surface area contributed by atoms with E-state index in [-0.39, 0.29) is 0 Å². The van der Waals surface area contributed by atoms with Crippen molar-refractivity contribution in [3.8, 4) is 0 Å². The first-order chi connectivity index (χ1) is 13.8. The fourth-order valence-corrected chi connectivity index (χ4v) is 5.07. The summed E-state index contributed by atoms with van der Waals surface area (Å²) in [5.41, 5.74) is 4.04. The van der Waals surface area contributed by atoms with E-state index in [1.807, 2.05) is 0 Å². The molecule has 5 heteroatoms. The van der Waals surface area contributed by atoms with Gasteiger partial charge in [-0.05, 0) is 67.7 Å². The summed E-state index contributed by atoms with van der Waals surface area (Å²) in [6, 6.07) is 15.2. The monoisotopic (exact) mass is 390 g/mol. The standard InChI is InChI=1S/C23H26N4S/c1-17-8-9-21-20(15-17)18(16-24-21)5-4-10-26-11-13-27(14-12-26)23-19-6-2-3-7-22(19)28-25-23/h2-3,6-9,15-16,24H,4-5,10-14H2,1H3. The molecule has 0 saturated carbocycles. The van der Waals surface area contributed by atoms with E-state index in [2.05, 4.69) is 70.4 Å². The number of fused-ring (bicyclic) bond motifs is 2. The van der Waals surface area contributed by atoms with Gasteiger partial charge in [-0.1, -0.05) is 23.8 Å². The normalized spacial score (nSPS) is 15.7. The first-order valence-corrected chi connectivity index (χ1v) is 10.9. The van der Waals surface area contributed by atoms with Gasteiger partial charge in [0.15, 0.2) is 0 Å². The van der Waals surface area contributed by atoms with Crippen molar-refractivity contribution in [2.24, 2.45) is 0 Å². The van der Waals surface area contributed by atoms with Gasteiger partial charge < -0.3 is 9.88 Å². The largest absolute Gasteiger partial charge is 0.361 e. The van der Waals surface area contributed by atoms with Crippen molar-refractivity contribution in [1.29, 1.82) is 0 Å². The predicted octanol–water partition coefficient (Wildman–Crippen LogP) is 4.84. The van der Waals surface area contributed by atoms with E-state index in [1.54, 1.807) is 11.5 Å². The van der Waals surface area contributed by atoms with Crippen LogP contribution in [0.15, 0.2) is 48.7 Å². The summed E-state index contributed by atoms with van der Waals surface area (Å²) in [7, 11) is 0. The first-order valence-electron chi connectivity index (χ1n) is 10.2. The number of aromatic nitrogens is 2. The second kappa shape index (κ2) is 7.57. The van der Waals surface area contributed by atoms with Crippen LogP contribution in [0.25, 0.3) is 21.0 Å². The van der Waals surface area contributed by atoms with Gasteiger partial charge >= 0.3 is 0 Å². The number of rotatable bonds is 5. The molecule has 5 rings (SSSR count). The Morgan fingerprint density at radius 1 is 1.04 bits per heavy atom. The van der Waals surface area contributed by atoms with Crippen molar-refractivity contribution in [3.63, 3.8) is 0 Å². The van der Waals surface area contributed by atoms with Gasteiger partial charge in [0.1, 0.15) is 5.82 Å². The van der Waals surface area contributed by atoms with Gasteiger partial charge in [-0.25, -0.2) is 0 Å². The van der Waals surface area contributed by atoms with E-state index in [0.29, 0.717) is 0 Å². The van der Waals surface area contributed by atoms with Gasteiger partial charge in [-0.3, -0.25) is 4.90 Å². The van der Waals surface area contributed by atoms with Crippen LogP contribution < -0.4 is 4.90 Å². The summed E-state index contributed by atoms with van der Waals surface area (Å²) >= 11 is 1.61. The topological polar surface area (TPSA) is 35.2 Å². The highest BCUT2D eigenvalue weighted by atomic mass is 32.1. The van der Waals surface area contributed by atoms with Crippen molar-refractivity contribution in [2.45, 2.75) is 19.8 Å². The van der Waals surface area contributed by atoms with Crippen LogP contribution in [0.3, 0.4) is 0 Å². The number of aromatic amines is 1. The van der Waals surface area contributed by atoms with E-state index >= 15 is 0 Å². The Morgan fingerprint density at radius 3 is 2.79 bits per heavy atom. The zero-order valence-electron chi connectivity index (χ0n) is 16.3. The summed E-state index contributed by atoms with van der Waals surface area (Å²) in [5, 5.41) is 2.69. The van der Waals surface area contributed by atoms with Crippen molar-refractivity contribution in [2.75, 3.05) is 37.6 Å². The molecule has 4 aromatic rings. The molecule has 1 aliphatic heterocycles. The molecule has 28 heavy (non-hydrogen) atoms. The van der Waals surface area contributed by atoms with Crippen molar-refractivity contribution < 1.29 is 0 Å². The van der Waals surface area contributed by atoms with Crippen LogP contribution in [-0.4, -0.2) is 47.0 Å². The van der Waals surface area contributed by atoms with E-state index in [9.17, 15) is 0 Å². The number of piperazine rings is 1. The molecule has 2 aromatic carbocycles. The molecule has 0 amide bonds. The molecule has 0 atom stereocenters. The summed E-state index contributed by atoms with van der Waals surface area (Å²) in [5.74, 6) is 1.18. The molecule has 0 aliphatic carbocycles. The molecular formula is C23H26N4S. The lowest BCUT2D eigenvalue weighted by Gasteiger charge is -2.35. The molecule has 1 saturated heterocycles. The summed E-state index contributed by atoms with van der Waals surface area (Å²) in [6.45, 7) is 7.73. The van der Waals surface area contributed by atoms with Gasteiger partial charge in [0, 0.05) is 48.7 Å². The Labute approximate surface area is 169 Å². The minimum atomic E-state index is 1.07. The Bertz CT molecular complexity index is 1090. The molecular weight excluding hydrogens is 364 g/mol. The van der Waals surface area contributed by atoms with Gasteiger partial charge in [0.05, 0.1) is 4.70 Å². The van der Waals surface area contributed by atoms with Crippen molar-refractivity contribution in [1.82, 2.24) is 14.3 Å². The molecule has 0 bridgehead atoms. The molecule has 0 radical (unpaired) electrons. The lowest BCUT2D eigenvalue weighted by Crippen LogP contribution is -2.46. The molecule has 144 valence electrons. The van der Waals surface area contributed by atoms with Crippen LogP contribution in [0.1, 0.15) is 17.5 Å². The van der Waals surface area contributed by atoms with Gasteiger partial charge in [0.25, 0.3) is 0 Å². The number of hydrogen-bond acceptors (Lipinski definition) is 4. The van der Waals surface area contributed by atoms with Gasteiger partial charge in [-0.15, -0.1) is 0 Å². The van der Waals surface area contributed by atoms with Crippen LogP contribution in [0.2, 0.25) is 0 Å². The maximum absolute atomic E-state index is 4.72. The van der Waals surface area contributed by atoms with E-state index in [4.69, 9.17) is 4.37 Å². The summed E-state index contributed by atoms with van der Waals surface area (Å²) in [4.78, 5) is 8.47. The molecule has 1 fully saturated rings. The highest BCUT2D eigenvalue weighted by Gasteiger charge is 2.20. The number of benzene rings is 2. The Hall–Kier alpha value is -2.37. The number of H-pyrrole nitrogens is 1. The minimum absolute atomic E-state index is 1.07. The molecule has 3 heterocycles. The zero-order valence-corrected chi connectivity index (χ0v) is 17.1. The number of anilines is 1. The van der Waals surface area contributed by atoms with Crippen LogP contribution in [0, 0.1) is 6.92 Å². The number of hydrogen-bond donors (Lipinski definition) is 1. The second-order valence-corrected chi connectivity index (χ2v) is 8.60. The molecule has 2 aromatic heterocycles. The Balaban J connectivity index is 1.16. The smallest absolute Gasteiger partial charge is 0.150 e. The average Bonchev–Trinajstić information content (AvgIpc) is 3.33. The Morgan fingerprint density at radius 2 is 1.89 bits per heavy atom. The highest BCUT2D eigenvalue weighted by Crippen LogP contribution is 2.30. The molecule has 1 N–H and O–H groups in total. The minimum Gasteiger partial charge on any atom is -0.361 e. The molecule has 0 unspecified atom stereocenters. The quantitative estimate of drug-likeness (QED) is 0.529. The molecule has 1 aliphatic rings. The van der Waals surface area contributed by atoms with E-state index in [0.717, 1.165) is 32.6 Å². The average molecular weight is 391 g/mol. The fraction of sp³-hybridized carbons (Fsp3) is 0.348. The van der Waals surface area contributed by atoms with Gasteiger partial charge in [-0.2, -0.15) is 4.37 Å². The van der Waals surface area contributed by atoms with Crippen LogP contribution >= 0.6 is 11.5 Å². The van der Waals surface area contributed by atoms with Crippen LogP contribution in [-0.2, 0) is 6.42 Å². The number of aryl methyl sites for hydroxylation is 2. The lowest BCUT2D eigenvalue weighted by atomic mass is 10.1. The zero-order chi connectivity index (χ0) is 18.9. The number of nitrogens with one attached hydrogen (secondary N) is 1. The van der Waals surface area contributed by atoms with E-state index in [1.165, 1.54) is 50.9 Å². The lowest BCUT2D eigenvalue weighted by molar-refractivity contribution is 0.255. The third kappa shape index (κ3) is 3.40. The van der Waals surface area contributed by atoms with Crippen LogP contribution in [0.5, 0.6) is 0 Å². The number of nitrogens with zero attached hydrogens (tertiary/aromatic N) is 3. The summed E-state index contributed by atoms with van der Waals surface area (Å²) < 4.78 is 6.01. The SMILES string of the molecule is Cc1ccc2[nH]cc(CCCN3CCN(c4nsc5ccccc45)CC3)c2c1. The third-order valence-corrected chi connectivity index (χ3v) is 6.69. The van der Waals surface area contributed by atoms with Crippen molar-refractivity contribution in [3.05, 3.63) is 59.8 Å². The molecule has 4 nitrogen and oxygen atoms in total. The van der Waals surface area contributed by atoms with Gasteiger partial charge in [0.2, 0.25) is 0 Å². The first kappa shape index (κ1) is 17.7. The maximum Gasteiger partial charge on any atom is 0.150 e. The summed E-state index contributed by atoms with van der Waals surface area (Å²) in [6.07, 6.45) is 4.54. The molecule has 0 spiro atoms. The highest BCUT2D eigenvalue weighted by molar-refractivity contribution is 7.13.